The highest BCUT2D eigenvalue weighted by atomic mass is 79.9. The molecular weight excluding hydrogens is 268 g/mol. The van der Waals surface area contributed by atoms with Crippen LogP contribution in [0.1, 0.15) is 25.8 Å². The molecule has 0 bridgehead atoms. The van der Waals surface area contributed by atoms with Crippen LogP contribution in [-0.4, -0.2) is 23.2 Å². The molecule has 0 radical (unpaired) electrons. The Morgan fingerprint density at radius 2 is 2.38 bits per heavy atom. The van der Waals surface area contributed by atoms with Gasteiger partial charge in [0, 0.05) is 17.3 Å². The maximum Gasteiger partial charge on any atom is 0.129 e. The quantitative estimate of drug-likeness (QED) is 0.906. The predicted molar refractivity (Wildman–Crippen MR) is 68.7 cm³/mol. The molecule has 0 amide bonds. The van der Waals surface area contributed by atoms with E-state index in [4.69, 9.17) is 4.74 Å². The largest absolute Gasteiger partial charge is 0.376 e. The van der Waals surface area contributed by atoms with Gasteiger partial charge in [0.1, 0.15) is 5.82 Å². The third kappa shape index (κ3) is 2.23. The second-order valence-electron chi connectivity index (χ2n) is 4.62. The fourth-order valence-corrected chi connectivity index (χ4v) is 2.39. The minimum Gasteiger partial charge on any atom is -0.376 e. The van der Waals surface area contributed by atoms with Gasteiger partial charge in [0.15, 0.2) is 0 Å². The summed E-state index contributed by atoms with van der Waals surface area (Å²) in [5, 5.41) is 3.51. The second-order valence-corrected chi connectivity index (χ2v) is 5.54. The summed E-state index contributed by atoms with van der Waals surface area (Å²) in [7, 11) is 0. The molecule has 2 unspecified atom stereocenters. The molecule has 2 heterocycles. The first-order valence-corrected chi connectivity index (χ1v) is 6.32. The first-order valence-electron chi connectivity index (χ1n) is 5.53. The van der Waals surface area contributed by atoms with Crippen LogP contribution in [-0.2, 0) is 4.74 Å². The summed E-state index contributed by atoms with van der Waals surface area (Å²) in [5.74, 6) is 0.947. The normalized spacial score (nSPS) is 29.4. The van der Waals surface area contributed by atoms with Gasteiger partial charge >= 0.3 is 0 Å². The Bertz CT molecular complexity index is 397. The molecule has 2 atom stereocenters. The van der Waals surface area contributed by atoms with Crippen molar-refractivity contribution in [3.8, 4) is 0 Å². The number of halogens is 1. The molecule has 1 aromatic rings. The Labute approximate surface area is 105 Å². The third-order valence-corrected chi connectivity index (χ3v) is 3.77. The Balaban J connectivity index is 2.20. The Morgan fingerprint density at radius 1 is 1.62 bits per heavy atom. The van der Waals surface area contributed by atoms with Gasteiger partial charge in [-0.05, 0) is 54.8 Å². The highest BCUT2D eigenvalue weighted by Gasteiger charge is 2.37. The van der Waals surface area contributed by atoms with Gasteiger partial charge in [-0.1, -0.05) is 0 Å². The van der Waals surface area contributed by atoms with Crippen LogP contribution in [0, 0.1) is 6.92 Å². The van der Waals surface area contributed by atoms with Gasteiger partial charge in [-0.3, -0.25) is 0 Å². The van der Waals surface area contributed by atoms with E-state index < -0.39 is 0 Å². The summed E-state index contributed by atoms with van der Waals surface area (Å²) in [6.07, 6.45) is 3.06. The molecular formula is C12H17BrN2O. The number of ether oxygens (including phenoxy) is 1. The van der Waals surface area contributed by atoms with Crippen molar-refractivity contribution in [2.75, 3.05) is 11.9 Å². The molecule has 88 valence electrons. The summed E-state index contributed by atoms with van der Waals surface area (Å²) in [5.41, 5.74) is 1.14. The van der Waals surface area contributed by atoms with Gasteiger partial charge in [0.05, 0.1) is 11.6 Å². The molecule has 1 aliphatic rings. The van der Waals surface area contributed by atoms with Crippen molar-refractivity contribution in [1.82, 2.24) is 4.98 Å². The molecule has 1 fully saturated rings. The van der Waals surface area contributed by atoms with Crippen LogP contribution in [0.5, 0.6) is 0 Å². The summed E-state index contributed by atoms with van der Waals surface area (Å²) in [6.45, 7) is 7.17. The molecule has 0 saturated carbocycles. The van der Waals surface area contributed by atoms with Crippen LogP contribution in [0.4, 0.5) is 5.82 Å². The Kier molecular flexibility index (Phi) is 3.22. The summed E-state index contributed by atoms with van der Waals surface area (Å²) >= 11 is 3.42. The van der Waals surface area contributed by atoms with Crippen molar-refractivity contribution in [2.45, 2.75) is 38.8 Å². The minimum absolute atomic E-state index is 0.00834. The van der Waals surface area contributed by atoms with Gasteiger partial charge in [-0.15, -0.1) is 0 Å². The van der Waals surface area contributed by atoms with E-state index in [9.17, 15) is 0 Å². The van der Waals surface area contributed by atoms with E-state index in [1.54, 1.807) is 0 Å². The molecule has 0 aromatic carbocycles. The van der Waals surface area contributed by atoms with Gasteiger partial charge in [-0.2, -0.15) is 0 Å². The van der Waals surface area contributed by atoms with E-state index >= 15 is 0 Å². The SMILES string of the molecule is Cc1cc(Br)cnc1NC1(C)CCOC1C. The average molecular weight is 285 g/mol. The van der Waals surface area contributed by atoms with Crippen molar-refractivity contribution in [1.29, 1.82) is 0 Å². The first-order chi connectivity index (χ1) is 7.51. The van der Waals surface area contributed by atoms with E-state index in [1.807, 2.05) is 6.20 Å². The molecule has 0 aliphatic carbocycles. The standard InChI is InChI=1S/C12H17BrN2O/c1-8-6-10(13)7-14-11(8)15-12(3)4-5-16-9(12)2/h6-7,9H,4-5H2,1-3H3,(H,14,15). The topological polar surface area (TPSA) is 34.2 Å². The molecule has 1 N–H and O–H groups in total. The van der Waals surface area contributed by atoms with Gasteiger partial charge in [0.2, 0.25) is 0 Å². The van der Waals surface area contributed by atoms with Crippen LogP contribution in [0.15, 0.2) is 16.7 Å². The fourth-order valence-electron chi connectivity index (χ4n) is 1.94. The van der Waals surface area contributed by atoms with E-state index in [2.05, 4.69) is 53.1 Å². The molecule has 1 aromatic heterocycles. The Hall–Kier alpha value is -0.610. The number of pyridine rings is 1. The number of hydrogen-bond donors (Lipinski definition) is 1. The molecule has 1 saturated heterocycles. The van der Waals surface area contributed by atoms with Crippen molar-refractivity contribution in [3.63, 3.8) is 0 Å². The summed E-state index contributed by atoms with van der Waals surface area (Å²) in [6, 6.07) is 2.07. The number of nitrogens with one attached hydrogen (secondary N) is 1. The zero-order valence-corrected chi connectivity index (χ0v) is 11.5. The van der Waals surface area contributed by atoms with E-state index in [0.29, 0.717) is 0 Å². The average Bonchev–Trinajstić information content (AvgIpc) is 2.52. The maximum atomic E-state index is 5.60. The van der Waals surface area contributed by atoms with E-state index in [0.717, 1.165) is 28.9 Å². The van der Waals surface area contributed by atoms with Crippen LogP contribution in [0.25, 0.3) is 0 Å². The van der Waals surface area contributed by atoms with Crippen molar-refractivity contribution < 1.29 is 4.74 Å². The number of hydrogen-bond acceptors (Lipinski definition) is 3. The first kappa shape index (κ1) is 11.9. The number of aromatic nitrogens is 1. The molecule has 1 aliphatic heterocycles. The lowest BCUT2D eigenvalue weighted by atomic mass is 9.94. The fraction of sp³-hybridized carbons (Fsp3) is 0.583. The van der Waals surface area contributed by atoms with Crippen molar-refractivity contribution in [3.05, 3.63) is 22.3 Å². The third-order valence-electron chi connectivity index (χ3n) is 3.34. The molecule has 2 rings (SSSR count). The highest BCUT2D eigenvalue weighted by molar-refractivity contribution is 9.10. The minimum atomic E-state index is -0.00834. The predicted octanol–water partition coefficient (Wildman–Crippen LogP) is 3.13. The summed E-state index contributed by atoms with van der Waals surface area (Å²) in [4.78, 5) is 4.41. The number of anilines is 1. The van der Waals surface area contributed by atoms with Crippen LogP contribution in [0.2, 0.25) is 0 Å². The summed E-state index contributed by atoms with van der Waals surface area (Å²) < 4.78 is 6.62. The van der Waals surface area contributed by atoms with Crippen molar-refractivity contribution >= 4 is 21.7 Å². The van der Waals surface area contributed by atoms with E-state index in [1.165, 1.54) is 0 Å². The zero-order valence-electron chi connectivity index (χ0n) is 9.88. The second kappa shape index (κ2) is 4.34. The van der Waals surface area contributed by atoms with Crippen LogP contribution >= 0.6 is 15.9 Å². The number of rotatable bonds is 2. The van der Waals surface area contributed by atoms with Crippen molar-refractivity contribution in [2.24, 2.45) is 0 Å². The van der Waals surface area contributed by atoms with Gasteiger partial charge < -0.3 is 10.1 Å². The molecule has 16 heavy (non-hydrogen) atoms. The van der Waals surface area contributed by atoms with Crippen LogP contribution < -0.4 is 5.32 Å². The van der Waals surface area contributed by atoms with Gasteiger partial charge in [0.25, 0.3) is 0 Å². The lowest BCUT2D eigenvalue weighted by Gasteiger charge is -2.30. The highest BCUT2D eigenvalue weighted by Crippen LogP contribution is 2.30. The monoisotopic (exact) mass is 284 g/mol. The molecule has 0 spiro atoms. The maximum absolute atomic E-state index is 5.60. The zero-order chi connectivity index (χ0) is 11.8. The number of nitrogens with zero attached hydrogens (tertiary/aromatic N) is 1. The van der Waals surface area contributed by atoms with Crippen LogP contribution in [0.3, 0.4) is 0 Å². The van der Waals surface area contributed by atoms with Gasteiger partial charge in [-0.25, -0.2) is 4.98 Å². The number of aryl methyl sites for hydroxylation is 1. The Morgan fingerprint density at radius 3 is 2.94 bits per heavy atom. The lowest BCUT2D eigenvalue weighted by Crippen LogP contribution is -2.41. The molecule has 3 nitrogen and oxygen atoms in total. The molecule has 4 heteroatoms. The van der Waals surface area contributed by atoms with E-state index in [-0.39, 0.29) is 11.6 Å². The lowest BCUT2D eigenvalue weighted by molar-refractivity contribution is 0.105. The smallest absolute Gasteiger partial charge is 0.129 e.